The van der Waals surface area contributed by atoms with E-state index in [2.05, 4.69) is 15.6 Å². The summed E-state index contributed by atoms with van der Waals surface area (Å²) in [6.45, 7) is 0.327. The monoisotopic (exact) mass is 481 g/mol. The Morgan fingerprint density at radius 3 is 2.46 bits per heavy atom. The summed E-state index contributed by atoms with van der Waals surface area (Å²) in [4.78, 5) is 29.3. The molecule has 1 aliphatic carbocycles. The van der Waals surface area contributed by atoms with Crippen LogP contribution in [-0.2, 0) is 11.3 Å². The van der Waals surface area contributed by atoms with E-state index in [4.69, 9.17) is 4.74 Å². The van der Waals surface area contributed by atoms with Gasteiger partial charge < -0.3 is 20.5 Å². The van der Waals surface area contributed by atoms with Crippen molar-refractivity contribution in [2.75, 3.05) is 0 Å². The second kappa shape index (κ2) is 10.9. The van der Waals surface area contributed by atoms with Crippen molar-refractivity contribution in [3.8, 4) is 17.4 Å². The lowest BCUT2D eigenvalue weighted by molar-refractivity contribution is -0.126. The first-order valence-electron chi connectivity index (χ1n) is 11.3. The topological polar surface area (TPSA) is 101 Å². The zero-order valence-electron chi connectivity index (χ0n) is 18.8. The molecule has 1 aromatic heterocycles. The fraction of sp³-hybridized carbons (Fsp3) is 0.269. The van der Waals surface area contributed by atoms with E-state index in [-0.39, 0.29) is 40.8 Å². The third kappa shape index (κ3) is 6.53. The quantitative estimate of drug-likeness (QED) is 0.463. The number of hydrogen-bond donors (Lipinski definition) is 3. The molecule has 2 aromatic carbocycles. The molecule has 7 nitrogen and oxygen atoms in total. The number of nitrogens with zero attached hydrogens (tertiary/aromatic N) is 1. The molecule has 0 bridgehead atoms. The molecular formula is C26H25F2N3O4. The van der Waals surface area contributed by atoms with E-state index in [9.17, 15) is 23.5 Å². The van der Waals surface area contributed by atoms with Crippen LogP contribution in [0, 0.1) is 17.6 Å². The van der Waals surface area contributed by atoms with Crippen LogP contribution in [0.1, 0.15) is 41.6 Å². The molecule has 182 valence electrons. The lowest BCUT2D eigenvalue weighted by Crippen LogP contribution is -2.41. The highest BCUT2D eigenvalue weighted by molar-refractivity contribution is 5.96. The second-order valence-corrected chi connectivity index (χ2v) is 8.47. The molecule has 1 fully saturated rings. The lowest BCUT2D eigenvalue weighted by atomic mass is 9.85. The van der Waals surface area contributed by atoms with Gasteiger partial charge in [0.05, 0.1) is 6.20 Å². The number of hydrogen-bond acceptors (Lipinski definition) is 5. The van der Waals surface area contributed by atoms with E-state index in [1.54, 1.807) is 18.2 Å². The van der Waals surface area contributed by atoms with Gasteiger partial charge in [-0.3, -0.25) is 9.59 Å². The van der Waals surface area contributed by atoms with Crippen LogP contribution in [0.5, 0.6) is 17.4 Å². The predicted molar refractivity (Wildman–Crippen MR) is 124 cm³/mol. The molecule has 3 N–H and O–H groups in total. The normalized spacial score (nSPS) is 17.4. The van der Waals surface area contributed by atoms with Gasteiger partial charge in [0.25, 0.3) is 5.91 Å². The Morgan fingerprint density at radius 2 is 1.74 bits per heavy atom. The summed E-state index contributed by atoms with van der Waals surface area (Å²) in [5.74, 6) is -1.58. The van der Waals surface area contributed by atoms with Crippen LogP contribution in [0.3, 0.4) is 0 Å². The SMILES string of the molecule is O=C(NC1CCC(C(=O)NCc2cccc(O)c2)CC1)c1cc(F)cnc1Oc1ccc(F)cc1. The Kier molecular flexibility index (Phi) is 7.54. The minimum atomic E-state index is -0.686. The Morgan fingerprint density at radius 1 is 1.00 bits per heavy atom. The van der Waals surface area contributed by atoms with Crippen molar-refractivity contribution in [2.45, 2.75) is 38.3 Å². The Bertz CT molecular complexity index is 1200. The summed E-state index contributed by atoms with van der Waals surface area (Å²) in [6, 6.07) is 12.7. The van der Waals surface area contributed by atoms with Crippen LogP contribution in [-0.4, -0.2) is 27.9 Å². The zero-order valence-corrected chi connectivity index (χ0v) is 18.8. The minimum absolute atomic E-state index is 0.0672. The van der Waals surface area contributed by atoms with E-state index in [1.165, 1.54) is 24.3 Å². The third-order valence-electron chi connectivity index (χ3n) is 5.90. The van der Waals surface area contributed by atoms with E-state index in [0.717, 1.165) is 17.8 Å². The van der Waals surface area contributed by atoms with Crippen molar-refractivity contribution >= 4 is 11.8 Å². The number of carbonyl (C=O) groups is 2. The maximum atomic E-state index is 13.8. The van der Waals surface area contributed by atoms with Crippen LogP contribution in [0.25, 0.3) is 0 Å². The van der Waals surface area contributed by atoms with Crippen molar-refractivity contribution in [1.29, 1.82) is 0 Å². The predicted octanol–water partition coefficient (Wildman–Crippen LogP) is 4.46. The number of nitrogens with one attached hydrogen (secondary N) is 2. The van der Waals surface area contributed by atoms with Crippen LogP contribution in [0.2, 0.25) is 0 Å². The highest BCUT2D eigenvalue weighted by atomic mass is 19.1. The largest absolute Gasteiger partial charge is 0.508 e. The van der Waals surface area contributed by atoms with Gasteiger partial charge >= 0.3 is 0 Å². The molecule has 0 aliphatic heterocycles. The van der Waals surface area contributed by atoms with Crippen LogP contribution in [0.15, 0.2) is 60.8 Å². The molecule has 1 saturated carbocycles. The molecule has 0 atom stereocenters. The highest BCUT2D eigenvalue weighted by Crippen LogP contribution is 2.27. The van der Waals surface area contributed by atoms with Gasteiger partial charge in [0.1, 0.15) is 28.7 Å². The van der Waals surface area contributed by atoms with E-state index < -0.39 is 17.5 Å². The molecule has 0 unspecified atom stereocenters. The van der Waals surface area contributed by atoms with E-state index in [1.807, 2.05) is 6.07 Å². The Hall–Kier alpha value is -4.01. The molecule has 2 amide bonds. The first-order valence-corrected chi connectivity index (χ1v) is 11.3. The molecule has 0 spiro atoms. The maximum absolute atomic E-state index is 13.8. The molecule has 1 aliphatic rings. The zero-order chi connectivity index (χ0) is 24.8. The van der Waals surface area contributed by atoms with Gasteiger partial charge in [-0.15, -0.1) is 0 Å². The summed E-state index contributed by atoms with van der Waals surface area (Å²) < 4.78 is 32.5. The Labute approximate surface area is 201 Å². The third-order valence-corrected chi connectivity index (χ3v) is 5.90. The Balaban J connectivity index is 1.31. The standard InChI is InChI=1S/C26H25F2N3O4/c27-18-6-10-22(11-7-18)35-26-23(13-19(28)15-30-26)25(34)31-20-8-4-17(5-9-20)24(33)29-14-16-2-1-3-21(32)12-16/h1-3,6-7,10-13,15,17,20,32H,4-5,8-9,14H2,(H,29,33)(H,31,34). The smallest absolute Gasteiger partial charge is 0.257 e. The van der Waals surface area contributed by atoms with Gasteiger partial charge in [0.15, 0.2) is 0 Å². The summed E-state index contributed by atoms with van der Waals surface area (Å²) in [7, 11) is 0. The number of benzene rings is 2. The van der Waals surface area contributed by atoms with Gasteiger partial charge in [-0.2, -0.15) is 0 Å². The number of phenols is 1. The van der Waals surface area contributed by atoms with Crippen molar-refractivity contribution in [2.24, 2.45) is 5.92 Å². The maximum Gasteiger partial charge on any atom is 0.257 e. The van der Waals surface area contributed by atoms with Crippen molar-refractivity contribution < 1.29 is 28.2 Å². The van der Waals surface area contributed by atoms with Crippen molar-refractivity contribution in [3.63, 3.8) is 0 Å². The molecular weight excluding hydrogens is 456 g/mol. The van der Waals surface area contributed by atoms with Gasteiger partial charge in [0.2, 0.25) is 11.8 Å². The van der Waals surface area contributed by atoms with E-state index in [0.29, 0.717) is 32.2 Å². The average molecular weight is 481 g/mol. The summed E-state index contributed by atoms with van der Waals surface area (Å²) >= 11 is 0. The van der Waals surface area contributed by atoms with E-state index >= 15 is 0 Å². The summed E-state index contributed by atoms with van der Waals surface area (Å²) in [5, 5.41) is 15.3. The van der Waals surface area contributed by atoms with Crippen LogP contribution in [0.4, 0.5) is 8.78 Å². The number of aromatic nitrogens is 1. The number of rotatable bonds is 7. The van der Waals surface area contributed by atoms with Crippen molar-refractivity contribution in [1.82, 2.24) is 15.6 Å². The summed E-state index contributed by atoms with van der Waals surface area (Å²) in [5.41, 5.74) is 0.738. The van der Waals surface area contributed by atoms with Crippen LogP contribution < -0.4 is 15.4 Å². The average Bonchev–Trinajstić information content (AvgIpc) is 2.85. The van der Waals surface area contributed by atoms with Crippen LogP contribution >= 0.6 is 0 Å². The molecule has 0 saturated heterocycles. The molecule has 3 aromatic rings. The molecule has 35 heavy (non-hydrogen) atoms. The number of ether oxygens (including phenoxy) is 1. The highest BCUT2D eigenvalue weighted by Gasteiger charge is 2.28. The number of phenolic OH excluding ortho intramolecular Hbond substituents is 1. The fourth-order valence-corrected chi connectivity index (χ4v) is 4.05. The number of halogens is 2. The number of carbonyl (C=O) groups excluding carboxylic acids is 2. The van der Waals surface area contributed by atoms with Gasteiger partial charge in [0, 0.05) is 18.5 Å². The first kappa shape index (κ1) is 24.1. The fourth-order valence-electron chi connectivity index (χ4n) is 4.05. The number of amides is 2. The van der Waals surface area contributed by atoms with Gasteiger partial charge in [-0.05, 0) is 73.7 Å². The molecule has 1 heterocycles. The number of aromatic hydroxyl groups is 1. The van der Waals surface area contributed by atoms with Gasteiger partial charge in [-0.25, -0.2) is 13.8 Å². The molecule has 0 radical (unpaired) electrons. The molecule has 4 rings (SSSR count). The number of pyridine rings is 1. The van der Waals surface area contributed by atoms with Crippen molar-refractivity contribution in [3.05, 3.63) is 83.6 Å². The van der Waals surface area contributed by atoms with Gasteiger partial charge in [-0.1, -0.05) is 12.1 Å². The minimum Gasteiger partial charge on any atom is -0.508 e. The summed E-state index contributed by atoms with van der Waals surface area (Å²) in [6.07, 6.45) is 3.31. The molecule has 9 heteroatoms. The first-order chi connectivity index (χ1) is 16.9. The lowest BCUT2D eigenvalue weighted by Gasteiger charge is -2.28. The second-order valence-electron chi connectivity index (χ2n) is 8.47.